The molecule has 2 N–H and O–H groups in total. The van der Waals surface area contributed by atoms with Crippen LogP contribution in [0.1, 0.15) is 36.9 Å². The molecule has 0 amide bonds. The Morgan fingerprint density at radius 2 is 2.00 bits per heavy atom. The van der Waals surface area contributed by atoms with Crippen molar-refractivity contribution in [1.29, 1.82) is 0 Å². The molecule has 0 heterocycles. The number of alkyl halides is 3. The molecule has 1 fully saturated rings. The van der Waals surface area contributed by atoms with Gasteiger partial charge < -0.3 is 9.92 Å². The first-order valence-electron chi connectivity index (χ1n) is 6.68. The number of halogens is 3. The van der Waals surface area contributed by atoms with Gasteiger partial charge in [-0.1, -0.05) is 18.2 Å². The lowest BCUT2D eigenvalue weighted by Gasteiger charge is -2.13. The van der Waals surface area contributed by atoms with Crippen LogP contribution < -0.4 is 9.92 Å². The van der Waals surface area contributed by atoms with Crippen molar-refractivity contribution in [2.75, 3.05) is 0 Å². The van der Waals surface area contributed by atoms with Gasteiger partial charge in [0, 0.05) is 6.04 Å². The maximum Gasteiger partial charge on any atom is 0.534 e. The van der Waals surface area contributed by atoms with Crippen LogP contribution in [0.25, 0.3) is 6.08 Å². The lowest BCUT2D eigenvalue weighted by atomic mass is 10.0. The fourth-order valence-corrected chi connectivity index (χ4v) is 2.32. The summed E-state index contributed by atoms with van der Waals surface area (Å²) in [5.74, 6) is 0.0709. The van der Waals surface area contributed by atoms with E-state index >= 15 is 0 Å². The molecule has 22 heavy (non-hydrogen) atoms. The summed E-state index contributed by atoms with van der Waals surface area (Å²) >= 11 is 0. The van der Waals surface area contributed by atoms with Gasteiger partial charge in [0.1, 0.15) is 5.75 Å². The molecule has 0 bridgehead atoms. The molecule has 1 aliphatic rings. The minimum absolute atomic E-state index is 0.341. The van der Waals surface area contributed by atoms with Gasteiger partial charge >= 0.3 is 15.6 Å². The number of allylic oxidation sites excluding steroid dienone is 1. The second kappa shape index (κ2) is 5.92. The quantitative estimate of drug-likeness (QED) is 0.662. The van der Waals surface area contributed by atoms with Crippen LogP contribution >= 0.6 is 0 Å². The van der Waals surface area contributed by atoms with Crippen molar-refractivity contribution in [3.8, 4) is 5.75 Å². The Bertz CT molecular complexity index is 677. The van der Waals surface area contributed by atoms with Gasteiger partial charge in [-0.15, -0.1) is 0 Å². The summed E-state index contributed by atoms with van der Waals surface area (Å²) < 4.78 is 63.2. The lowest BCUT2D eigenvalue weighted by Crippen LogP contribution is -2.28. The Morgan fingerprint density at radius 1 is 1.36 bits per heavy atom. The molecule has 1 aromatic rings. The summed E-state index contributed by atoms with van der Waals surface area (Å²) in [6.07, 6.45) is 5.82. The van der Waals surface area contributed by atoms with Gasteiger partial charge in [0.05, 0.1) is 0 Å². The monoisotopic (exact) mass is 335 g/mol. The molecular weight excluding hydrogens is 319 g/mol. The van der Waals surface area contributed by atoms with Crippen molar-refractivity contribution < 1.29 is 25.8 Å². The highest BCUT2D eigenvalue weighted by Gasteiger charge is 2.48. The predicted molar refractivity (Wildman–Crippen MR) is 76.4 cm³/mol. The Kier molecular flexibility index (Phi) is 4.53. The summed E-state index contributed by atoms with van der Waals surface area (Å²) in [4.78, 5) is 0. The first kappa shape index (κ1) is 16.8. The molecule has 4 nitrogen and oxygen atoms in total. The van der Waals surface area contributed by atoms with Crippen LogP contribution in [0, 0.1) is 5.92 Å². The van der Waals surface area contributed by atoms with E-state index in [0.717, 1.165) is 18.9 Å². The summed E-state index contributed by atoms with van der Waals surface area (Å²) in [6, 6.07) is 3.54. The van der Waals surface area contributed by atoms with E-state index in [1.165, 1.54) is 12.1 Å². The number of rotatable bonds is 5. The maximum absolute atomic E-state index is 12.3. The van der Waals surface area contributed by atoms with Crippen molar-refractivity contribution in [3.63, 3.8) is 0 Å². The zero-order valence-corrected chi connectivity index (χ0v) is 12.6. The Labute approximate surface area is 126 Å². The predicted octanol–water partition coefficient (Wildman–Crippen LogP) is 3.36. The molecule has 0 spiro atoms. The average Bonchev–Trinajstić information content (AvgIpc) is 3.18. The molecule has 1 atom stereocenters. The van der Waals surface area contributed by atoms with Crippen molar-refractivity contribution in [3.05, 3.63) is 35.4 Å². The number of nitrogens with two attached hydrogens (primary N) is 1. The molecule has 0 aromatic heterocycles. The third kappa shape index (κ3) is 4.01. The summed E-state index contributed by atoms with van der Waals surface area (Å²) in [7, 11) is -5.67. The lowest BCUT2D eigenvalue weighted by molar-refractivity contribution is -0.0500. The molecule has 1 aromatic carbocycles. The van der Waals surface area contributed by atoms with Crippen LogP contribution in [0.15, 0.2) is 24.3 Å². The third-order valence-electron chi connectivity index (χ3n) is 3.21. The smallest absolute Gasteiger partial charge is 0.376 e. The minimum Gasteiger partial charge on any atom is -0.376 e. The van der Waals surface area contributed by atoms with Crippen LogP contribution in [0.4, 0.5) is 13.2 Å². The highest BCUT2D eigenvalue weighted by Crippen LogP contribution is 2.33. The molecular formula is C14H16F3NO3S. The van der Waals surface area contributed by atoms with Gasteiger partial charge in [-0.3, -0.25) is 0 Å². The third-order valence-corrected chi connectivity index (χ3v) is 4.19. The van der Waals surface area contributed by atoms with E-state index in [1.807, 2.05) is 6.08 Å². The van der Waals surface area contributed by atoms with Crippen molar-refractivity contribution in [2.24, 2.45) is 11.7 Å². The van der Waals surface area contributed by atoms with E-state index < -0.39 is 21.4 Å². The highest BCUT2D eigenvalue weighted by atomic mass is 32.2. The summed E-state index contributed by atoms with van der Waals surface area (Å²) in [6.45, 7) is 1.73. The average molecular weight is 335 g/mol. The van der Waals surface area contributed by atoms with Gasteiger partial charge in [0.15, 0.2) is 0 Å². The van der Waals surface area contributed by atoms with Gasteiger partial charge in [0.2, 0.25) is 0 Å². The van der Waals surface area contributed by atoms with Gasteiger partial charge in [0.25, 0.3) is 0 Å². The molecule has 122 valence electrons. The van der Waals surface area contributed by atoms with Crippen LogP contribution in [0.2, 0.25) is 0 Å². The molecule has 0 saturated heterocycles. The number of hydrogen-bond acceptors (Lipinski definition) is 4. The van der Waals surface area contributed by atoms with Crippen molar-refractivity contribution in [1.82, 2.24) is 0 Å². The fraction of sp³-hybridized carbons (Fsp3) is 0.429. The molecule has 0 unspecified atom stereocenters. The minimum atomic E-state index is -5.67. The maximum atomic E-state index is 12.3. The van der Waals surface area contributed by atoms with Crippen LogP contribution in [-0.2, 0) is 10.1 Å². The van der Waals surface area contributed by atoms with Crippen molar-refractivity contribution in [2.45, 2.75) is 31.3 Å². The van der Waals surface area contributed by atoms with Gasteiger partial charge in [-0.25, -0.2) is 0 Å². The molecule has 0 radical (unpaired) electrons. The fourth-order valence-electron chi connectivity index (χ4n) is 1.87. The molecule has 0 aliphatic heterocycles. The SMILES string of the molecule is C[C@H](N)c1ccc(OS(=O)(=O)C(F)(F)F)cc1/C=C/C1CC1. The van der Waals surface area contributed by atoms with E-state index in [4.69, 9.17) is 5.73 Å². The van der Waals surface area contributed by atoms with Crippen LogP contribution in [0.3, 0.4) is 0 Å². The molecule has 1 aliphatic carbocycles. The van der Waals surface area contributed by atoms with Gasteiger partial charge in [-0.05, 0) is 48.9 Å². The largest absolute Gasteiger partial charge is 0.534 e. The number of hydrogen-bond donors (Lipinski definition) is 1. The molecule has 2 rings (SSSR count). The normalized spacial score (nSPS) is 17.7. The second-order valence-corrected chi connectivity index (χ2v) is 6.80. The highest BCUT2D eigenvalue weighted by molar-refractivity contribution is 7.88. The zero-order valence-electron chi connectivity index (χ0n) is 11.8. The first-order chi connectivity index (χ1) is 10.1. The van der Waals surface area contributed by atoms with E-state index in [1.54, 1.807) is 13.0 Å². The van der Waals surface area contributed by atoms with E-state index in [9.17, 15) is 21.6 Å². The van der Waals surface area contributed by atoms with E-state index in [0.29, 0.717) is 17.0 Å². The van der Waals surface area contributed by atoms with Crippen molar-refractivity contribution >= 4 is 16.2 Å². The zero-order chi connectivity index (χ0) is 16.5. The Balaban J connectivity index is 2.32. The standard InChI is InChI=1S/C14H16F3NO3S/c1-9(18)13-7-6-12(21-22(19,20)14(15,16)17)8-11(13)5-4-10-2-3-10/h4-10H,2-3,18H2,1H3/b5-4+/t9-/m0/s1. The Hall–Kier alpha value is -1.54. The molecule has 8 heteroatoms. The van der Waals surface area contributed by atoms with Crippen LogP contribution in [0.5, 0.6) is 5.75 Å². The van der Waals surface area contributed by atoms with E-state index in [2.05, 4.69) is 4.18 Å². The first-order valence-corrected chi connectivity index (χ1v) is 8.09. The number of benzene rings is 1. The topological polar surface area (TPSA) is 69.4 Å². The van der Waals surface area contributed by atoms with Gasteiger partial charge in [-0.2, -0.15) is 21.6 Å². The molecule has 1 saturated carbocycles. The summed E-state index contributed by atoms with van der Waals surface area (Å²) in [5.41, 5.74) is 1.60. The second-order valence-electron chi connectivity index (χ2n) is 5.26. The summed E-state index contributed by atoms with van der Waals surface area (Å²) in [5, 5.41) is 0. The van der Waals surface area contributed by atoms with E-state index in [-0.39, 0.29) is 6.04 Å². The Morgan fingerprint density at radius 3 is 2.50 bits per heavy atom. The van der Waals surface area contributed by atoms with Crippen LogP contribution in [-0.4, -0.2) is 13.9 Å².